The molecule has 3 aromatic rings. The zero-order valence-corrected chi connectivity index (χ0v) is 18.4. The second-order valence-corrected chi connectivity index (χ2v) is 9.11. The van der Waals surface area contributed by atoms with Crippen LogP contribution >= 0.6 is 11.3 Å². The molecule has 5 heteroatoms. The van der Waals surface area contributed by atoms with Crippen LogP contribution in [0.15, 0.2) is 30.3 Å². The highest BCUT2D eigenvalue weighted by Gasteiger charge is 2.27. The fraction of sp³-hybridized carbons (Fsp3) is 0.417. The van der Waals surface area contributed by atoms with Crippen molar-refractivity contribution in [3.8, 4) is 0 Å². The van der Waals surface area contributed by atoms with Crippen LogP contribution in [0, 0.1) is 27.7 Å². The predicted octanol–water partition coefficient (Wildman–Crippen LogP) is 5.28. The average molecular weight is 409 g/mol. The topological polar surface area (TPSA) is 42.4 Å². The van der Waals surface area contributed by atoms with Gasteiger partial charge in [0, 0.05) is 6.61 Å². The summed E-state index contributed by atoms with van der Waals surface area (Å²) in [6.45, 7) is 9.68. The number of ether oxygens (including phenoxy) is 1. The number of thiazole rings is 1. The maximum absolute atomic E-state index is 13.4. The van der Waals surface area contributed by atoms with Gasteiger partial charge in [-0.3, -0.25) is 9.69 Å². The molecule has 0 spiro atoms. The first-order chi connectivity index (χ1) is 13.9. The molecule has 0 saturated carbocycles. The normalized spacial score (nSPS) is 16.5. The largest absolute Gasteiger partial charge is 0.376 e. The Morgan fingerprint density at radius 3 is 2.72 bits per heavy atom. The quantitative estimate of drug-likeness (QED) is 0.576. The summed E-state index contributed by atoms with van der Waals surface area (Å²) in [6.07, 6.45) is 2.53. The number of carbonyl (C=O) groups is 1. The van der Waals surface area contributed by atoms with Crippen LogP contribution < -0.4 is 4.90 Å². The molecular weight excluding hydrogens is 380 g/mol. The van der Waals surface area contributed by atoms with E-state index >= 15 is 0 Å². The monoisotopic (exact) mass is 408 g/mol. The van der Waals surface area contributed by atoms with Crippen molar-refractivity contribution >= 4 is 32.6 Å². The number of amides is 1. The molecule has 1 fully saturated rings. The van der Waals surface area contributed by atoms with Crippen molar-refractivity contribution in [3.05, 3.63) is 58.1 Å². The summed E-state index contributed by atoms with van der Waals surface area (Å²) < 4.78 is 6.97. The highest BCUT2D eigenvalue weighted by Crippen LogP contribution is 2.33. The van der Waals surface area contributed by atoms with Gasteiger partial charge in [-0.2, -0.15) is 0 Å². The van der Waals surface area contributed by atoms with Crippen LogP contribution in [0.1, 0.15) is 40.7 Å². The van der Waals surface area contributed by atoms with Gasteiger partial charge >= 0.3 is 0 Å². The first-order valence-corrected chi connectivity index (χ1v) is 11.1. The highest BCUT2D eigenvalue weighted by atomic mass is 32.1. The first kappa shape index (κ1) is 20.0. The minimum absolute atomic E-state index is 0.0858. The highest BCUT2D eigenvalue weighted by molar-refractivity contribution is 7.22. The summed E-state index contributed by atoms with van der Waals surface area (Å²) in [5.41, 5.74) is 6.82. The van der Waals surface area contributed by atoms with Gasteiger partial charge in [-0.05, 0) is 68.9 Å². The molecule has 1 aliphatic heterocycles. The van der Waals surface area contributed by atoms with Gasteiger partial charge in [0.2, 0.25) is 5.91 Å². The van der Waals surface area contributed by atoms with E-state index in [4.69, 9.17) is 9.72 Å². The molecule has 1 saturated heterocycles. The van der Waals surface area contributed by atoms with E-state index in [0.717, 1.165) is 45.9 Å². The predicted molar refractivity (Wildman–Crippen MR) is 120 cm³/mol. The maximum atomic E-state index is 13.4. The van der Waals surface area contributed by atoms with Crippen molar-refractivity contribution in [2.24, 2.45) is 0 Å². The van der Waals surface area contributed by atoms with Crippen molar-refractivity contribution in [2.75, 3.05) is 18.1 Å². The number of fused-ring (bicyclic) bond motifs is 1. The number of anilines is 1. The Kier molecular flexibility index (Phi) is 5.70. The smallest absolute Gasteiger partial charge is 0.233 e. The first-order valence-electron chi connectivity index (χ1n) is 10.3. The number of hydrogen-bond donors (Lipinski definition) is 0. The third kappa shape index (κ3) is 4.21. The molecule has 1 amide bonds. The summed E-state index contributed by atoms with van der Waals surface area (Å²) in [4.78, 5) is 20.2. The van der Waals surface area contributed by atoms with E-state index in [9.17, 15) is 4.79 Å². The van der Waals surface area contributed by atoms with Gasteiger partial charge < -0.3 is 4.74 Å². The van der Waals surface area contributed by atoms with Gasteiger partial charge in [0.15, 0.2) is 5.13 Å². The van der Waals surface area contributed by atoms with E-state index < -0.39 is 0 Å². The molecule has 0 aliphatic carbocycles. The van der Waals surface area contributed by atoms with E-state index in [2.05, 4.69) is 58.0 Å². The molecule has 0 N–H and O–H groups in total. The summed E-state index contributed by atoms with van der Waals surface area (Å²) >= 11 is 1.60. The molecular formula is C24H28N2O2S. The molecule has 4 nitrogen and oxygen atoms in total. The Bertz CT molecular complexity index is 1050. The van der Waals surface area contributed by atoms with E-state index in [1.165, 1.54) is 16.7 Å². The van der Waals surface area contributed by atoms with Crippen LogP contribution in [0.25, 0.3) is 10.2 Å². The lowest BCUT2D eigenvalue weighted by Gasteiger charge is -2.23. The van der Waals surface area contributed by atoms with Gasteiger partial charge in [0.25, 0.3) is 0 Å². The number of aromatic nitrogens is 1. The van der Waals surface area contributed by atoms with Crippen molar-refractivity contribution in [3.63, 3.8) is 0 Å². The Morgan fingerprint density at radius 2 is 1.97 bits per heavy atom. The van der Waals surface area contributed by atoms with Crippen LogP contribution in [-0.2, 0) is 16.0 Å². The van der Waals surface area contributed by atoms with E-state index in [1.807, 2.05) is 4.90 Å². The van der Waals surface area contributed by atoms with Crippen LogP contribution in [0.4, 0.5) is 5.13 Å². The van der Waals surface area contributed by atoms with Crippen LogP contribution in [0.3, 0.4) is 0 Å². The molecule has 152 valence electrons. The lowest BCUT2D eigenvalue weighted by molar-refractivity contribution is -0.118. The third-order valence-corrected chi connectivity index (χ3v) is 6.91. The summed E-state index contributed by atoms with van der Waals surface area (Å²) in [6, 6.07) is 10.5. The Morgan fingerprint density at radius 1 is 1.17 bits per heavy atom. The zero-order chi connectivity index (χ0) is 20.5. The van der Waals surface area contributed by atoms with E-state index in [1.54, 1.807) is 11.3 Å². The maximum Gasteiger partial charge on any atom is 0.233 e. The standard InChI is InChI=1S/C24H28N2O2S/c1-15-7-8-17(3)19(12-15)13-22(27)26(14-20-6-5-11-28-20)24-25-23-18(4)16(2)9-10-21(23)29-24/h7-10,12,20H,5-6,11,13-14H2,1-4H3. The van der Waals surface area contributed by atoms with Gasteiger partial charge in [0.05, 0.1) is 29.3 Å². The molecule has 0 radical (unpaired) electrons. The third-order valence-electron chi connectivity index (χ3n) is 5.86. The van der Waals surface area contributed by atoms with E-state index in [0.29, 0.717) is 13.0 Å². The van der Waals surface area contributed by atoms with Gasteiger partial charge in [-0.15, -0.1) is 0 Å². The summed E-state index contributed by atoms with van der Waals surface area (Å²) in [5, 5.41) is 0.777. The number of hydrogen-bond acceptors (Lipinski definition) is 4. The number of rotatable bonds is 5. The minimum Gasteiger partial charge on any atom is -0.376 e. The average Bonchev–Trinajstić information content (AvgIpc) is 3.35. The van der Waals surface area contributed by atoms with Crippen LogP contribution in [-0.4, -0.2) is 30.1 Å². The van der Waals surface area contributed by atoms with Crippen LogP contribution in [0.2, 0.25) is 0 Å². The molecule has 1 atom stereocenters. The van der Waals surface area contributed by atoms with Crippen molar-refractivity contribution in [2.45, 2.75) is 53.1 Å². The molecule has 29 heavy (non-hydrogen) atoms. The molecule has 0 bridgehead atoms. The van der Waals surface area contributed by atoms with E-state index in [-0.39, 0.29) is 12.0 Å². The Hall–Kier alpha value is -2.24. The lowest BCUT2D eigenvalue weighted by Crippen LogP contribution is -2.38. The lowest BCUT2D eigenvalue weighted by atomic mass is 10.0. The van der Waals surface area contributed by atoms with Crippen LogP contribution in [0.5, 0.6) is 0 Å². The second kappa shape index (κ2) is 8.25. The van der Waals surface area contributed by atoms with Crippen molar-refractivity contribution < 1.29 is 9.53 Å². The molecule has 2 heterocycles. The molecule has 1 unspecified atom stereocenters. The van der Waals surface area contributed by atoms with Gasteiger partial charge in [-0.25, -0.2) is 4.98 Å². The zero-order valence-electron chi connectivity index (χ0n) is 17.6. The minimum atomic E-state index is 0.0858. The van der Waals surface area contributed by atoms with Crippen molar-refractivity contribution in [1.82, 2.24) is 4.98 Å². The molecule has 1 aliphatic rings. The van der Waals surface area contributed by atoms with Crippen molar-refractivity contribution in [1.29, 1.82) is 0 Å². The van der Waals surface area contributed by atoms with Gasteiger partial charge in [0.1, 0.15) is 0 Å². The summed E-state index contributed by atoms with van der Waals surface area (Å²) in [7, 11) is 0. The number of nitrogens with zero attached hydrogens (tertiary/aromatic N) is 2. The molecule has 1 aromatic heterocycles. The molecule has 2 aromatic carbocycles. The summed E-state index contributed by atoms with van der Waals surface area (Å²) in [5.74, 6) is 0.0858. The second-order valence-electron chi connectivity index (χ2n) is 8.10. The fourth-order valence-electron chi connectivity index (χ4n) is 3.86. The fourth-order valence-corrected chi connectivity index (χ4v) is 4.91. The Balaban J connectivity index is 1.68. The Labute approximate surface area is 176 Å². The van der Waals surface area contributed by atoms with Gasteiger partial charge in [-0.1, -0.05) is 41.2 Å². The molecule has 4 rings (SSSR count). The number of benzene rings is 2. The number of aryl methyl sites for hydroxylation is 4. The SMILES string of the molecule is Cc1ccc(C)c(CC(=O)N(CC2CCCO2)c2nc3c(C)c(C)ccc3s2)c1. The number of carbonyl (C=O) groups excluding carboxylic acids is 1.